The SMILES string of the molecule is COc1ccc(/C=C/c2cc(O)cc3c2[C@@](c2ccc(OC)cc2)(c2cc(OC)cc(OC)c2)C(=O)O3)cc1. The third-order valence-corrected chi connectivity index (χ3v) is 6.88. The normalized spacial score (nSPS) is 16.1. The molecule has 1 heterocycles. The number of rotatable bonds is 8. The van der Waals surface area contributed by atoms with Crippen molar-refractivity contribution in [2.75, 3.05) is 28.4 Å². The van der Waals surface area contributed by atoms with Gasteiger partial charge in [0.25, 0.3) is 0 Å². The van der Waals surface area contributed by atoms with Gasteiger partial charge in [-0.25, -0.2) is 4.79 Å². The van der Waals surface area contributed by atoms with Crippen LogP contribution in [0.2, 0.25) is 0 Å². The Morgan fingerprint density at radius 3 is 1.79 bits per heavy atom. The number of carbonyl (C=O) groups is 1. The van der Waals surface area contributed by atoms with Crippen LogP contribution >= 0.6 is 0 Å². The lowest BCUT2D eigenvalue weighted by atomic mass is 9.68. The third kappa shape index (κ3) is 4.52. The summed E-state index contributed by atoms with van der Waals surface area (Å²) in [4.78, 5) is 14.1. The van der Waals surface area contributed by atoms with Crippen LogP contribution in [0.25, 0.3) is 12.2 Å². The number of hydrogen-bond acceptors (Lipinski definition) is 7. The van der Waals surface area contributed by atoms with Gasteiger partial charge >= 0.3 is 5.97 Å². The maximum Gasteiger partial charge on any atom is 0.331 e. The summed E-state index contributed by atoms with van der Waals surface area (Å²) in [6, 6.07) is 23.3. The number of phenols is 1. The van der Waals surface area contributed by atoms with E-state index in [0.717, 1.165) is 11.3 Å². The summed E-state index contributed by atoms with van der Waals surface area (Å²) in [7, 11) is 6.31. The van der Waals surface area contributed by atoms with Gasteiger partial charge in [0.2, 0.25) is 0 Å². The van der Waals surface area contributed by atoms with Crippen LogP contribution in [0.3, 0.4) is 0 Å². The van der Waals surface area contributed by atoms with Gasteiger partial charge < -0.3 is 28.8 Å². The summed E-state index contributed by atoms with van der Waals surface area (Å²) in [5.74, 6) is 2.17. The first-order valence-corrected chi connectivity index (χ1v) is 12.2. The molecule has 5 rings (SSSR count). The number of esters is 1. The van der Waals surface area contributed by atoms with E-state index in [1.54, 1.807) is 64.8 Å². The van der Waals surface area contributed by atoms with E-state index >= 15 is 0 Å². The second kappa shape index (κ2) is 10.5. The summed E-state index contributed by atoms with van der Waals surface area (Å²) in [6.45, 7) is 0. The molecule has 198 valence electrons. The average Bonchev–Trinajstić information content (AvgIpc) is 3.27. The predicted molar refractivity (Wildman–Crippen MR) is 148 cm³/mol. The topological polar surface area (TPSA) is 83.5 Å². The summed E-state index contributed by atoms with van der Waals surface area (Å²) in [5.41, 5.74) is 1.98. The molecule has 0 fully saturated rings. The Bertz CT molecular complexity index is 1520. The van der Waals surface area contributed by atoms with E-state index in [-0.39, 0.29) is 11.5 Å². The van der Waals surface area contributed by atoms with Crippen molar-refractivity contribution in [2.24, 2.45) is 0 Å². The molecular formula is C32H28O7. The van der Waals surface area contributed by atoms with Crippen LogP contribution in [-0.2, 0) is 10.2 Å². The highest BCUT2D eigenvalue weighted by Crippen LogP contribution is 2.53. The molecule has 1 atom stereocenters. The second-order valence-electron chi connectivity index (χ2n) is 8.98. The summed E-state index contributed by atoms with van der Waals surface area (Å²) >= 11 is 0. The molecule has 7 nitrogen and oxygen atoms in total. The predicted octanol–water partition coefficient (Wildman–Crippen LogP) is 5.85. The highest BCUT2D eigenvalue weighted by Gasteiger charge is 2.54. The van der Waals surface area contributed by atoms with Gasteiger partial charge in [0.1, 0.15) is 39.9 Å². The van der Waals surface area contributed by atoms with Crippen molar-refractivity contribution in [1.29, 1.82) is 0 Å². The Balaban J connectivity index is 1.79. The molecule has 0 spiro atoms. The number of fused-ring (bicyclic) bond motifs is 1. The molecule has 1 N–H and O–H groups in total. The average molecular weight is 525 g/mol. The quantitative estimate of drug-likeness (QED) is 0.176. The highest BCUT2D eigenvalue weighted by atomic mass is 16.5. The van der Waals surface area contributed by atoms with E-state index < -0.39 is 11.4 Å². The minimum Gasteiger partial charge on any atom is -0.508 e. The minimum absolute atomic E-state index is 0.0234. The molecule has 0 saturated carbocycles. The lowest BCUT2D eigenvalue weighted by molar-refractivity contribution is -0.135. The Hall–Kier alpha value is -4.91. The fraction of sp³-hybridized carbons (Fsp3) is 0.156. The maximum atomic E-state index is 14.1. The fourth-order valence-electron chi connectivity index (χ4n) is 4.97. The smallest absolute Gasteiger partial charge is 0.331 e. The van der Waals surface area contributed by atoms with Crippen LogP contribution in [0.15, 0.2) is 78.9 Å². The van der Waals surface area contributed by atoms with Crippen molar-refractivity contribution in [3.63, 3.8) is 0 Å². The molecule has 0 aromatic heterocycles. The largest absolute Gasteiger partial charge is 0.508 e. The molecule has 0 radical (unpaired) electrons. The van der Waals surface area contributed by atoms with E-state index in [2.05, 4.69) is 0 Å². The summed E-state index contributed by atoms with van der Waals surface area (Å²) in [6.07, 6.45) is 3.76. The first-order valence-electron chi connectivity index (χ1n) is 12.2. The lowest BCUT2D eigenvalue weighted by Gasteiger charge is -2.29. The number of methoxy groups -OCH3 is 4. The van der Waals surface area contributed by atoms with E-state index in [0.29, 0.717) is 39.5 Å². The van der Waals surface area contributed by atoms with Gasteiger partial charge in [-0.1, -0.05) is 36.4 Å². The van der Waals surface area contributed by atoms with Gasteiger partial charge in [-0.15, -0.1) is 0 Å². The van der Waals surface area contributed by atoms with Crippen LogP contribution in [0, 0.1) is 0 Å². The highest BCUT2D eigenvalue weighted by molar-refractivity contribution is 6.00. The molecule has 0 saturated heterocycles. The zero-order chi connectivity index (χ0) is 27.6. The van der Waals surface area contributed by atoms with Crippen molar-refractivity contribution in [3.05, 3.63) is 107 Å². The third-order valence-electron chi connectivity index (χ3n) is 6.88. The fourth-order valence-corrected chi connectivity index (χ4v) is 4.97. The van der Waals surface area contributed by atoms with Gasteiger partial charge in [0.05, 0.1) is 28.4 Å². The van der Waals surface area contributed by atoms with Gasteiger partial charge in [-0.05, 0) is 64.7 Å². The summed E-state index contributed by atoms with van der Waals surface area (Å²) < 4.78 is 27.6. The van der Waals surface area contributed by atoms with Gasteiger partial charge in [-0.3, -0.25) is 0 Å². The first kappa shape index (κ1) is 25.7. The van der Waals surface area contributed by atoms with Crippen LogP contribution < -0.4 is 23.7 Å². The van der Waals surface area contributed by atoms with Crippen molar-refractivity contribution in [2.45, 2.75) is 5.41 Å². The van der Waals surface area contributed by atoms with Crippen molar-refractivity contribution in [3.8, 4) is 34.5 Å². The molecule has 7 heteroatoms. The van der Waals surface area contributed by atoms with E-state index in [9.17, 15) is 9.90 Å². The Kier molecular flexibility index (Phi) is 6.90. The molecule has 0 amide bonds. The van der Waals surface area contributed by atoms with E-state index in [4.69, 9.17) is 23.7 Å². The van der Waals surface area contributed by atoms with Crippen molar-refractivity contribution in [1.82, 2.24) is 0 Å². The Labute approximate surface area is 226 Å². The number of hydrogen-bond donors (Lipinski definition) is 1. The number of aromatic hydroxyl groups is 1. The molecule has 4 aromatic carbocycles. The van der Waals surface area contributed by atoms with Crippen LogP contribution in [-0.4, -0.2) is 39.5 Å². The standard InChI is InChI=1S/C32H28O7/c1-35-25-11-6-20(7-12-25)5-8-21-15-24(33)18-29-30(21)32(31(34)39-29,22-9-13-26(36-2)14-10-22)23-16-27(37-3)19-28(17-23)38-4/h5-19,33H,1-4H3/b8-5+/t32-/m1/s1. The van der Waals surface area contributed by atoms with E-state index in [1.807, 2.05) is 48.6 Å². The van der Waals surface area contributed by atoms with Crippen molar-refractivity contribution >= 4 is 18.1 Å². The number of phenolic OH excluding ortho intramolecular Hbond substituents is 1. The van der Waals surface area contributed by atoms with Gasteiger partial charge in [0, 0.05) is 17.7 Å². The van der Waals surface area contributed by atoms with Crippen molar-refractivity contribution < 1.29 is 33.6 Å². The van der Waals surface area contributed by atoms with Crippen LogP contribution in [0.1, 0.15) is 27.8 Å². The number of benzene rings is 4. The zero-order valence-corrected chi connectivity index (χ0v) is 22.1. The Morgan fingerprint density at radius 1 is 0.667 bits per heavy atom. The monoisotopic (exact) mass is 524 g/mol. The molecule has 0 unspecified atom stereocenters. The molecule has 1 aliphatic rings. The second-order valence-corrected chi connectivity index (χ2v) is 8.98. The molecule has 1 aliphatic heterocycles. The Morgan fingerprint density at radius 2 is 1.23 bits per heavy atom. The maximum absolute atomic E-state index is 14.1. The molecular weight excluding hydrogens is 496 g/mol. The molecule has 0 bridgehead atoms. The van der Waals surface area contributed by atoms with Gasteiger partial charge in [0.15, 0.2) is 0 Å². The molecule has 4 aromatic rings. The number of ether oxygens (including phenoxy) is 5. The minimum atomic E-state index is -1.39. The van der Waals surface area contributed by atoms with Gasteiger partial charge in [-0.2, -0.15) is 0 Å². The van der Waals surface area contributed by atoms with E-state index in [1.165, 1.54) is 6.07 Å². The van der Waals surface area contributed by atoms with Crippen LogP contribution in [0.4, 0.5) is 0 Å². The summed E-state index contributed by atoms with van der Waals surface area (Å²) in [5, 5.41) is 10.6. The lowest BCUT2D eigenvalue weighted by Crippen LogP contribution is -2.37. The first-order chi connectivity index (χ1) is 18.9. The molecule has 39 heavy (non-hydrogen) atoms. The van der Waals surface area contributed by atoms with Crippen LogP contribution in [0.5, 0.6) is 34.5 Å². The number of carbonyl (C=O) groups excluding carboxylic acids is 1. The molecule has 0 aliphatic carbocycles. The zero-order valence-electron chi connectivity index (χ0n) is 22.1.